The molecule has 2 aromatic rings. The van der Waals surface area contributed by atoms with Crippen LogP contribution in [0.4, 0.5) is 11.4 Å². The Labute approximate surface area is 151 Å². The molecule has 0 fully saturated rings. The van der Waals surface area contributed by atoms with Crippen molar-refractivity contribution >= 4 is 23.4 Å². The van der Waals surface area contributed by atoms with Gasteiger partial charge in [-0.05, 0) is 42.2 Å². The highest BCUT2D eigenvalue weighted by Crippen LogP contribution is 2.22. The summed E-state index contributed by atoms with van der Waals surface area (Å²) in [4.78, 5) is 23.0. The topological polar surface area (TPSA) is 96.0 Å². The summed E-state index contributed by atoms with van der Waals surface area (Å²) in [6.07, 6.45) is 2.77. The molecule has 0 spiro atoms. The molecule has 0 aliphatic carbocycles. The largest absolute Gasteiger partial charge is 0.321 e. The smallest absolute Gasteiger partial charge is 0.273 e. The molecule has 1 N–H and O–H groups in total. The zero-order valence-electron chi connectivity index (χ0n) is 14.7. The van der Waals surface area contributed by atoms with E-state index in [1.54, 1.807) is 24.3 Å². The molecule has 2 rings (SSSR count). The molecule has 0 atom stereocenters. The van der Waals surface area contributed by atoms with Gasteiger partial charge in [-0.25, -0.2) is 0 Å². The predicted octanol–water partition coefficient (Wildman–Crippen LogP) is 4.27. The summed E-state index contributed by atoms with van der Waals surface area (Å²) >= 11 is 0. The molecule has 2 aromatic carbocycles. The molecule has 0 unspecified atom stereocenters. The molecule has 132 valence electrons. The maximum atomic E-state index is 12.3. The van der Waals surface area contributed by atoms with E-state index in [-0.39, 0.29) is 11.3 Å². The molecule has 0 saturated heterocycles. The zero-order chi connectivity index (χ0) is 19.1. The van der Waals surface area contributed by atoms with Crippen molar-refractivity contribution in [2.24, 2.45) is 0 Å². The van der Waals surface area contributed by atoms with Crippen molar-refractivity contribution in [2.45, 2.75) is 26.7 Å². The molecular formula is C20H19N3O3. The van der Waals surface area contributed by atoms with E-state index >= 15 is 0 Å². The van der Waals surface area contributed by atoms with Gasteiger partial charge in [0.05, 0.1) is 4.92 Å². The number of hydrogen-bond acceptors (Lipinski definition) is 4. The normalized spacial score (nSPS) is 10.9. The summed E-state index contributed by atoms with van der Waals surface area (Å²) in [5.41, 5.74) is 2.62. The van der Waals surface area contributed by atoms with Crippen LogP contribution in [0.5, 0.6) is 0 Å². The number of carbonyl (C=O) groups excluding carboxylic acids is 1. The number of nitro groups is 1. The van der Waals surface area contributed by atoms with Crippen molar-refractivity contribution in [3.05, 3.63) is 74.8 Å². The van der Waals surface area contributed by atoms with E-state index in [0.717, 1.165) is 12.0 Å². The lowest BCUT2D eigenvalue weighted by Gasteiger charge is -2.06. The van der Waals surface area contributed by atoms with Gasteiger partial charge in [0.1, 0.15) is 11.6 Å². The molecule has 0 radical (unpaired) electrons. The average Bonchev–Trinajstić information content (AvgIpc) is 2.66. The van der Waals surface area contributed by atoms with E-state index in [0.29, 0.717) is 23.2 Å². The molecule has 6 heteroatoms. The fraction of sp³-hybridized carbons (Fsp3) is 0.200. The van der Waals surface area contributed by atoms with Gasteiger partial charge in [-0.2, -0.15) is 5.26 Å². The van der Waals surface area contributed by atoms with Gasteiger partial charge in [0, 0.05) is 17.3 Å². The average molecular weight is 349 g/mol. The first-order valence-corrected chi connectivity index (χ1v) is 8.27. The first-order valence-electron chi connectivity index (χ1n) is 8.27. The lowest BCUT2D eigenvalue weighted by atomic mass is 10.0. The summed E-state index contributed by atoms with van der Waals surface area (Å²) in [5.74, 6) is -0.557. The zero-order valence-corrected chi connectivity index (χ0v) is 14.7. The summed E-state index contributed by atoms with van der Waals surface area (Å²) in [6.45, 7) is 3.86. The van der Waals surface area contributed by atoms with Gasteiger partial charge >= 0.3 is 0 Å². The number of nitriles is 1. The van der Waals surface area contributed by atoms with Crippen LogP contribution in [0.3, 0.4) is 0 Å². The number of amides is 1. The highest BCUT2D eigenvalue weighted by molar-refractivity contribution is 6.09. The molecule has 6 nitrogen and oxygen atoms in total. The van der Waals surface area contributed by atoms with Crippen molar-refractivity contribution in [1.82, 2.24) is 0 Å². The number of benzene rings is 2. The Kier molecular flexibility index (Phi) is 6.23. The Bertz CT molecular complexity index is 894. The minimum Gasteiger partial charge on any atom is -0.321 e. The number of nitrogens with zero attached hydrogens (tertiary/aromatic N) is 2. The standard InChI is InChI=1S/C20H19N3O3/c1-3-14-6-9-18(10-7-14)22-20(24)17(13-21)11-15-5-8-16(4-2)19(12-15)23(25)26/h5-12H,3-4H2,1-2H3,(H,22,24)/b17-11+. The van der Waals surface area contributed by atoms with Crippen LogP contribution in [0.1, 0.15) is 30.5 Å². The molecule has 0 bridgehead atoms. The van der Waals surface area contributed by atoms with Gasteiger partial charge in [-0.15, -0.1) is 0 Å². The van der Waals surface area contributed by atoms with Crippen molar-refractivity contribution in [2.75, 3.05) is 5.32 Å². The third kappa shape index (κ3) is 4.54. The SMILES string of the molecule is CCc1ccc(NC(=O)/C(C#N)=C/c2ccc(CC)c([N+](=O)[O-])c2)cc1. The second-order valence-electron chi connectivity index (χ2n) is 5.67. The number of aryl methyl sites for hydroxylation is 2. The van der Waals surface area contributed by atoms with Gasteiger partial charge in [0.15, 0.2) is 0 Å². The van der Waals surface area contributed by atoms with Crippen molar-refractivity contribution in [3.63, 3.8) is 0 Å². The van der Waals surface area contributed by atoms with E-state index in [1.807, 2.05) is 32.0 Å². The Morgan fingerprint density at radius 3 is 2.42 bits per heavy atom. The van der Waals surface area contributed by atoms with Gasteiger partial charge in [0.25, 0.3) is 11.6 Å². The van der Waals surface area contributed by atoms with Crippen molar-refractivity contribution < 1.29 is 9.72 Å². The molecule has 0 aliphatic heterocycles. The van der Waals surface area contributed by atoms with Crippen LogP contribution < -0.4 is 5.32 Å². The van der Waals surface area contributed by atoms with Crippen LogP contribution in [0.15, 0.2) is 48.0 Å². The monoisotopic (exact) mass is 349 g/mol. The number of nitrogens with one attached hydrogen (secondary N) is 1. The minimum atomic E-state index is -0.557. The van der Waals surface area contributed by atoms with Gasteiger partial charge in [-0.3, -0.25) is 14.9 Å². The van der Waals surface area contributed by atoms with Crippen LogP contribution in [-0.4, -0.2) is 10.8 Å². The number of rotatable bonds is 6. The molecule has 0 saturated carbocycles. The number of nitro benzene ring substituents is 1. The van der Waals surface area contributed by atoms with Crippen molar-refractivity contribution in [1.29, 1.82) is 5.26 Å². The van der Waals surface area contributed by atoms with Crippen LogP contribution in [-0.2, 0) is 17.6 Å². The van der Waals surface area contributed by atoms with E-state index < -0.39 is 10.8 Å². The minimum absolute atomic E-state index is 0.0193. The van der Waals surface area contributed by atoms with Crippen LogP contribution >= 0.6 is 0 Å². The number of anilines is 1. The third-order valence-corrected chi connectivity index (χ3v) is 3.98. The van der Waals surface area contributed by atoms with Crippen molar-refractivity contribution in [3.8, 4) is 6.07 Å². The van der Waals surface area contributed by atoms with E-state index in [2.05, 4.69) is 5.32 Å². The lowest BCUT2D eigenvalue weighted by Crippen LogP contribution is -2.13. The van der Waals surface area contributed by atoms with E-state index in [9.17, 15) is 20.2 Å². The Balaban J connectivity index is 2.26. The fourth-order valence-electron chi connectivity index (χ4n) is 2.48. The summed E-state index contributed by atoms with van der Waals surface area (Å²) in [7, 11) is 0. The Morgan fingerprint density at radius 1 is 1.19 bits per heavy atom. The summed E-state index contributed by atoms with van der Waals surface area (Å²) in [5, 5.41) is 23.1. The van der Waals surface area contributed by atoms with Gasteiger partial charge in [0.2, 0.25) is 0 Å². The predicted molar refractivity (Wildman–Crippen MR) is 101 cm³/mol. The van der Waals surface area contributed by atoms with Crippen LogP contribution in [0.2, 0.25) is 0 Å². The molecule has 0 heterocycles. The number of hydrogen-bond donors (Lipinski definition) is 1. The highest BCUT2D eigenvalue weighted by Gasteiger charge is 2.14. The van der Waals surface area contributed by atoms with Gasteiger partial charge < -0.3 is 5.32 Å². The first-order chi connectivity index (χ1) is 12.5. The highest BCUT2D eigenvalue weighted by atomic mass is 16.6. The summed E-state index contributed by atoms with van der Waals surface area (Å²) < 4.78 is 0. The molecular weight excluding hydrogens is 330 g/mol. The maximum Gasteiger partial charge on any atom is 0.273 e. The Hall–Kier alpha value is -3.46. The quantitative estimate of drug-likeness (QED) is 0.365. The second-order valence-corrected chi connectivity index (χ2v) is 5.67. The van der Waals surface area contributed by atoms with Gasteiger partial charge in [-0.1, -0.05) is 38.1 Å². The van der Waals surface area contributed by atoms with E-state index in [1.165, 1.54) is 12.1 Å². The molecule has 0 aliphatic rings. The third-order valence-electron chi connectivity index (χ3n) is 3.98. The fourth-order valence-corrected chi connectivity index (χ4v) is 2.48. The Morgan fingerprint density at radius 2 is 1.88 bits per heavy atom. The first kappa shape index (κ1) is 18.9. The number of carbonyl (C=O) groups is 1. The van der Waals surface area contributed by atoms with E-state index in [4.69, 9.17) is 0 Å². The molecule has 0 aromatic heterocycles. The summed E-state index contributed by atoms with van der Waals surface area (Å²) in [6, 6.07) is 13.9. The maximum absolute atomic E-state index is 12.3. The second kappa shape index (κ2) is 8.58. The molecule has 26 heavy (non-hydrogen) atoms. The molecule has 1 amide bonds. The van der Waals surface area contributed by atoms with Crippen LogP contribution in [0, 0.1) is 21.4 Å². The van der Waals surface area contributed by atoms with Crippen LogP contribution in [0.25, 0.3) is 6.08 Å². The lowest BCUT2D eigenvalue weighted by molar-refractivity contribution is -0.385.